The van der Waals surface area contributed by atoms with Gasteiger partial charge in [-0.2, -0.15) is 0 Å². The summed E-state index contributed by atoms with van der Waals surface area (Å²) in [5, 5.41) is 11.9. The molecule has 0 amide bonds. The molecule has 3 aliphatic heterocycles. The summed E-state index contributed by atoms with van der Waals surface area (Å²) in [7, 11) is 0. The number of hydrogen-bond donors (Lipinski definition) is 1. The van der Waals surface area contributed by atoms with E-state index in [1.54, 1.807) is 26.0 Å². The average molecular weight is 640 g/mol. The number of fused-ring (bicyclic) bond motifs is 2. The maximum atomic E-state index is 12.4. The number of carboxylic acids is 1. The van der Waals surface area contributed by atoms with Crippen LogP contribution >= 0.6 is 0 Å². The van der Waals surface area contributed by atoms with Gasteiger partial charge in [-0.15, -0.1) is 0 Å². The highest BCUT2D eigenvalue weighted by Gasteiger charge is 2.29. The van der Waals surface area contributed by atoms with Crippen molar-refractivity contribution in [2.24, 2.45) is 0 Å². The predicted molar refractivity (Wildman–Crippen MR) is 180 cm³/mol. The minimum atomic E-state index is -0.992. The Morgan fingerprint density at radius 3 is 2.43 bits per heavy atom. The Bertz CT molecular complexity index is 1830. The van der Waals surface area contributed by atoms with Gasteiger partial charge in [-0.05, 0) is 69.4 Å². The first-order valence-corrected chi connectivity index (χ1v) is 16.7. The van der Waals surface area contributed by atoms with Crippen molar-refractivity contribution in [2.45, 2.75) is 77.7 Å². The number of hydrogen-bond acceptors (Lipinski definition) is 7. The first-order valence-electron chi connectivity index (χ1n) is 16.7. The number of benzene rings is 3. The molecule has 0 radical (unpaired) electrons. The first-order chi connectivity index (χ1) is 22.8. The Labute approximate surface area is 274 Å². The monoisotopic (exact) mass is 639 g/mol. The number of ketones is 2. The maximum Gasteiger partial charge on any atom is 0.336 e. The molecule has 1 N–H and O–H groups in total. The molecular weight excluding hydrogens is 596 g/mol. The highest BCUT2D eigenvalue weighted by molar-refractivity contribution is 6.07. The molecule has 0 spiro atoms. The molecule has 2 aromatic rings. The average Bonchev–Trinajstić information content (AvgIpc) is 3.07. The number of aromatic carboxylic acids is 1. The second-order valence-electron chi connectivity index (χ2n) is 12.6. The second kappa shape index (κ2) is 14.6. The number of anilines is 1. The Kier molecular flexibility index (Phi) is 10.1. The van der Waals surface area contributed by atoms with Crippen LogP contribution in [-0.4, -0.2) is 61.4 Å². The molecule has 3 heterocycles. The van der Waals surface area contributed by atoms with Gasteiger partial charge in [-0.1, -0.05) is 18.2 Å². The molecule has 9 nitrogen and oxygen atoms in total. The number of carbonyl (C=O) groups excluding carboxylic acids is 2. The van der Waals surface area contributed by atoms with Gasteiger partial charge < -0.3 is 23.9 Å². The summed E-state index contributed by atoms with van der Waals surface area (Å²) in [4.78, 5) is 37.8. The highest BCUT2D eigenvalue weighted by Crippen LogP contribution is 2.42. The Hall–Kier alpha value is -4.34. The molecule has 47 heavy (non-hydrogen) atoms. The van der Waals surface area contributed by atoms with Crippen molar-refractivity contribution in [3.63, 3.8) is 0 Å². The van der Waals surface area contributed by atoms with Gasteiger partial charge in [0, 0.05) is 66.6 Å². The van der Waals surface area contributed by atoms with Gasteiger partial charge in [0.15, 0.2) is 0 Å². The van der Waals surface area contributed by atoms with Crippen molar-refractivity contribution in [3.8, 4) is 22.5 Å². The number of ether oxygens (including phenoxy) is 2. The second-order valence-corrected chi connectivity index (χ2v) is 12.6. The molecule has 0 saturated carbocycles. The summed E-state index contributed by atoms with van der Waals surface area (Å²) in [6.45, 7) is 5.57. The third-order valence-electron chi connectivity index (χ3n) is 9.20. The van der Waals surface area contributed by atoms with E-state index in [9.17, 15) is 19.5 Å². The number of piperidine rings is 2. The van der Waals surface area contributed by atoms with E-state index in [0.29, 0.717) is 43.0 Å². The van der Waals surface area contributed by atoms with Crippen LogP contribution in [0, 0.1) is 0 Å². The smallest absolute Gasteiger partial charge is 0.336 e. The van der Waals surface area contributed by atoms with Gasteiger partial charge in [-0.25, -0.2) is 9.37 Å². The van der Waals surface area contributed by atoms with Gasteiger partial charge in [-0.3, -0.25) is 9.59 Å². The summed E-state index contributed by atoms with van der Waals surface area (Å²) < 4.78 is 21.3. The highest BCUT2D eigenvalue weighted by atomic mass is 16.5. The molecule has 0 bridgehead atoms. The van der Waals surface area contributed by atoms with Gasteiger partial charge in [0.2, 0.25) is 5.36 Å². The molecule has 9 heteroatoms. The molecule has 4 aliphatic rings. The van der Waals surface area contributed by atoms with Gasteiger partial charge in [0.1, 0.15) is 35.7 Å². The summed E-state index contributed by atoms with van der Waals surface area (Å²) in [6, 6.07) is 19.3. The molecule has 0 aromatic heterocycles. The predicted octanol–water partition coefficient (Wildman–Crippen LogP) is 6.49. The van der Waals surface area contributed by atoms with E-state index in [1.165, 1.54) is 0 Å². The normalized spacial score (nSPS) is 19.7. The van der Waals surface area contributed by atoms with Crippen molar-refractivity contribution in [1.82, 2.24) is 4.58 Å². The van der Waals surface area contributed by atoms with E-state index < -0.39 is 5.97 Å². The standard InChI is InChI=1S/C38H42N2O7/c1-25(41)17-21-45-35-11-5-7-19-39(35)27-13-15-31-33(23-27)47-34-24-28(40-20-8-6-12-36(40)46-22-18-26(2)42)14-16-32(34)37(31)29-9-3-4-10-30(29)38(43)44/h3-4,9-10,13-16,23-24,35-36H,5-8,11-12,17-22H2,1-2H3/p+1. The Morgan fingerprint density at radius 1 is 0.872 bits per heavy atom. The topological polar surface area (TPSA) is 109 Å². The molecule has 2 atom stereocenters. The quantitative estimate of drug-likeness (QED) is 0.147. The molecule has 2 unspecified atom stereocenters. The van der Waals surface area contributed by atoms with Crippen LogP contribution in [0.25, 0.3) is 33.4 Å². The Balaban J connectivity index is 1.50. The number of Topliss-reactive ketones (excluding diaryl/α,β-unsaturated/α-hetero) is 2. The zero-order valence-corrected chi connectivity index (χ0v) is 27.2. The third kappa shape index (κ3) is 7.31. The SMILES string of the molecule is CC(=O)CCOC1CCCCN1c1ccc2c(-c3ccccc3C(=O)O)c3ccc(=[N+]4CCCCC4OCCC(C)=O)cc-3oc2c1. The lowest BCUT2D eigenvalue weighted by molar-refractivity contribution is -0.119. The van der Waals surface area contributed by atoms with Crippen molar-refractivity contribution in [2.75, 3.05) is 31.2 Å². The Morgan fingerprint density at radius 2 is 1.64 bits per heavy atom. The maximum absolute atomic E-state index is 12.4. The molecule has 2 fully saturated rings. The fourth-order valence-corrected chi connectivity index (χ4v) is 6.82. The van der Waals surface area contributed by atoms with E-state index in [2.05, 4.69) is 9.48 Å². The largest absolute Gasteiger partial charge is 0.478 e. The summed E-state index contributed by atoms with van der Waals surface area (Å²) in [5.74, 6) is -0.136. The summed E-state index contributed by atoms with van der Waals surface area (Å²) in [5.41, 5.74) is 4.06. The minimum absolute atomic E-state index is 0.107. The fraction of sp³-hybridized carbons (Fsp3) is 0.421. The number of rotatable bonds is 11. The van der Waals surface area contributed by atoms with Gasteiger partial charge in [0.05, 0.1) is 24.8 Å². The minimum Gasteiger partial charge on any atom is -0.478 e. The zero-order chi connectivity index (χ0) is 32.9. The van der Waals surface area contributed by atoms with Crippen LogP contribution in [0.2, 0.25) is 0 Å². The summed E-state index contributed by atoms with van der Waals surface area (Å²) in [6.07, 6.45) is 6.41. The lowest BCUT2D eigenvalue weighted by atomic mass is 9.90. The molecular formula is C38H43N2O7+. The molecule has 2 saturated heterocycles. The number of carboxylic acid groups (broad SMARTS) is 1. The molecule has 1 aliphatic carbocycles. The van der Waals surface area contributed by atoms with Crippen LogP contribution in [-0.2, 0) is 19.1 Å². The van der Waals surface area contributed by atoms with Crippen molar-refractivity contribution < 1.29 is 33.4 Å². The van der Waals surface area contributed by atoms with Crippen molar-refractivity contribution in [1.29, 1.82) is 0 Å². The molecule has 6 rings (SSSR count). The molecule has 246 valence electrons. The van der Waals surface area contributed by atoms with Crippen LogP contribution in [0.15, 0.2) is 65.1 Å². The van der Waals surface area contributed by atoms with E-state index in [1.807, 2.05) is 48.5 Å². The lowest BCUT2D eigenvalue weighted by Crippen LogP contribution is -2.44. The van der Waals surface area contributed by atoms with Crippen LogP contribution in [0.3, 0.4) is 0 Å². The van der Waals surface area contributed by atoms with E-state index in [-0.39, 0.29) is 29.6 Å². The molecule has 2 aromatic carbocycles. The number of nitrogens with zero attached hydrogens (tertiary/aromatic N) is 2. The van der Waals surface area contributed by atoms with Crippen LogP contribution in [0.5, 0.6) is 0 Å². The lowest BCUT2D eigenvalue weighted by Gasteiger charge is -2.37. The van der Waals surface area contributed by atoms with Crippen LogP contribution < -0.4 is 14.8 Å². The first kappa shape index (κ1) is 32.6. The van der Waals surface area contributed by atoms with Crippen LogP contribution in [0.4, 0.5) is 5.69 Å². The van der Waals surface area contributed by atoms with Gasteiger partial charge in [0.25, 0.3) is 6.23 Å². The van der Waals surface area contributed by atoms with E-state index in [4.69, 9.17) is 13.9 Å². The fourth-order valence-electron chi connectivity index (χ4n) is 6.82. The van der Waals surface area contributed by atoms with Crippen molar-refractivity contribution in [3.05, 3.63) is 71.6 Å². The zero-order valence-electron chi connectivity index (χ0n) is 27.2. The van der Waals surface area contributed by atoms with E-state index >= 15 is 0 Å². The van der Waals surface area contributed by atoms with Crippen LogP contribution in [0.1, 0.15) is 75.6 Å². The van der Waals surface area contributed by atoms with Crippen molar-refractivity contribution >= 4 is 34.2 Å². The number of carbonyl (C=O) groups is 3. The third-order valence-corrected chi connectivity index (χ3v) is 9.20. The van der Waals surface area contributed by atoms with E-state index in [0.717, 1.165) is 79.2 Å². The summed E-state index contributed by atoms with van der Waals surface area (Å²) >= 11 is 0. The van der Waals surface area contributed by atoms with Gasteiger partial charge >= 0.3 is 5.97 Å².